The highest BCUT2D eigenvalue weighted by atomic mass is 35.5. The first-order chi connectivity index (χ1) is 9.06. The van der Waals surface area contributed by atoms with E-state index in [1.54, 1.807) is 24.3 Å². The van der Waals surface area contributed by atoms with Crippen molar-refractivity contribution in [1.29, 1.82) is 0 Å². The predicted molar refractivity (Wildman–Crippen MR) is 69.0 cm³/mol. The standard InChI is InChI=1S/C14H10ClF2NO/c15-11-3-1-2-9(6-11)8-18-14(19)10-4-5-12(16)13(17)7-10/h1-7H,8H2,(H,18,19). The van der Waals surface area contributed by atoms with E-state index in [2.05, 4.69) is 5.32 Å². The maximum Gasteiger partial charge on any atom is 0.251 e. The molecular formula is C14H10ClF2NO. The van der Waals surface area contributed by atoms with Crippen molar-refractivity contribution in [3.05, 3.63) is 70.2 Å². The minimum absolute atomic E-state index is 0.0703. The molecule has 1 amide bonds. The summed E-state index contributed by atoms with van der Waals surface area (Å²) in [7, 11) is 0. The Balaban J connectivity index is 2.03. The molecule has 0 bridgehead atoms. The third-order valence-electron chi connectivity index (χ3n) is 2.52. The fourth-order valence-corrected chi connectivity index (χ4v) is 1.78. The van der Waals surface area contributed by atoms with E-state index in [1.165, 1.54) is 6.07 Å². The van der Waals surface area contributed by atoms with Gasteiger partial charge in [0.1, 0.15) is 0 Å². The van der Waals surface area contributed by atoms with Crippen molar-refractivity contribution in [2.45, 2.75) is 6.54 Å². The van der Waals surface area contributed by atoms with Crippen LogP contribution in [0.2, 0.25) is 5.02 Å². The number of rotatable bonds is 3. The van der Waals surface area contributed by atoms with Crippen molar-refractivity contribution in [2.24, 2.45) is 0 Å². The normalized spacial score (nSPS) is 10.3. The van der Waals surface area contributed by atoms with Gasteiger partial charge in [-0.2, -0.15) is 0 Å². The Labute approximate surface area is 114 Å². The first-order valence-electron chi connectivity index (χ1n) is 5.54. The Hall–Kier alpha value is -1.94. The van der Waals surface area contributed by atoms with Gasteiger partial charge in [-0.25, -0.2) is 8.78 Å². The van der Waals surface area contributed by atoms with Crippen LogP contribution in [0.3, 0.4) is 0 Å². The number of amides is 1. The van der Waals surface area contributed by atoms with Crippen molar-refractivity contribution in [2.75, 3.05) is 0 Å². The maximum atomic E-state index is 13.0. The van der Waals surface area contributed by atoms with Gasteiger partial charge >= 0.3 is 0 Å². The average Bonchev–Trinajstić information content (AvgIpc) is 2.39. The lowest BCUT2D eigenvalue weighted by Gasteiger charge is -2.06. The van der Waals surface area contributed by atoms with Crippen LogP contribution >= 0.6 is 11.6 Å². The fraction of sp³-hybridized carbons (Fsp3) is 0.0714. The molecular weight excluding hydrogens is 272 g/mol. The molecule has 2 nitrogen and oxygen atoms in total. The average molecular weight is 282 g/mol. The van der Waals surface area contributed by atoms with Crippen molar-refractivity contribution in [3.63, 3.8) is 0 Å². The van der Waals surface area contributed by atoms with Gasteiger partial charge in [-0.15, -0.1) is 0 Å². The number of carbonyl (C=O) groups is 1. The van der Waals surface area contributed by atoms with Gasteiger partial charge in [-0.3, -0.25) is 4.79 Å². The predicted octanol–water partition coefficient (Wildman–Crippen LogP) is 3.55. The van der Waals surface area contributed by atoms with Crippen LogP contribution in [0.5, 0.6) is 0 Å². The lowest BCUT2D eigenvalue weighted by atomic mass is 10.2. The molecule has 2 aromatic rings. The van der Waals surface area contributed by atoms with Gasteiger partial charge in [0.05, 0.1) is 0 Å². The smallest absolute Gasteiger partial charge is 0.251 e. The molecule has 0 heterocycles. The lowest BCUT2D eigenvalue weighted by molar-refractivity contribution is 0.0950. The number of hydrogen-bond acceptors (Lipinski definition) is 1. The summed E-state index contributed by atoms with van der Waals surface area (Å²) < 4.78 is 25.7. The molecule has 98 valence electrons. The van der Waals surface area contributed by atoms with Crippen molar-refractivity contribution >= 4 is 17.5 Å². The highest BCUT2D eigenvalue weighted by molar-refractivity contribution is 6.30. The van der Waals surface area contributed by atoms with Crippen molar-refractivity contribution in [3.8, 4) is 0 Å². The second-order valence-corrected chi connectivity index (χ2v) is 4.38. The molecule has 0 radical (unpaired) electrons. The molecule has 0 saturated carbocycles. The Morgan fingerprint density at radius 1 is 1.11 bits per heavy atom. The number of halogens is 3. The Bertz CT molecular complexity index is 616. The molecule has 0 aliphatic rings. The van der Waals surface area contributed by atoms with E-state index in [1.807, 2.05) is 0 Å². The summed E-state index contributed by atoms with van der Waals surface area (Å²) in [5.41, 5.74) is 0.893. The van der Waals surface area contributed by atoms with Crippen LogP contribution in [0.15, 0.2) is 42.5 Å². The van der Waals surface area contributed by atoms with Gasteiger partial charge in [0, 0.05) is 17.1 Å². The van der Waals surface area contributed by atoms with Gasteiger partial charge in [0.25, 0.3) is 5.91 Å². The summed E-state index contributed by atoms with van der Waals surface area (Å²) in [6.07, 6.45) is 0. The highest BCUT2D eigenvalue weighted by Gasteiger charge is 2.09. The number of benzene rings is 2. The number of carbonyl (C=O) groups excluding carboxylic acids is 1. The molecule has 19 heavy (non-hydrogen) atoms. The molecule has 0 atom stereocenters. The quantitative estimate of drug-likeness (QED) is 0.916. The minimum atomic E-state index is -1.05. The zero-order valence-electron chi connectivity index (χ0n) is 9.79. The second kappa shape index (κ2) is 5.80. The highest BCUT2D eigenvalue weighted by Crippen LogP contribution is 2.11. The maximum absolute atomic E-state index is 13.0. The van der Waals surface area contributed by atoms with Gasteiger partial charge < -0.3 is 5.32 Å². The van der Waals surface area contributed by atoms with Crippen LogP contribution in [0, 0.1) is 11.6 Å². The monoisotopic (exact) mass is 281 g/mol. The van der Waals surface area contributed by atoms with Crippen molar-refractivity contribution < 1.29 is 13.6 Å². The van der Waals surface area contributed by atoms with Crippen LogP contribution in [0.25, 0.3) is 0 Å². The molecule has 0 spiro atoms. The lowest BCUT2D eigenvalue weighted by Crippen LogP contribution is -2.22. The SMILES string of the molecule is O=C(NCc1cccc(Cl)c1)c1ccc(F)c(F)c1. The Morgan fingerprint density at radius 2 is 1.89 bits per heavy atom. The van der Waals surface area contributed by atoms with Gasteiger partial charge in [0.15, 0.2) is 11.6 Å². The van der Waals surface area contributed by atoms with Crippen molar-refractivity contribution in [1.82, 2.24) is 5.32 Å². The third kappa shape index (κ3) is 3.51. The summed E-state index contributed by atoms with van der Waals surface area (Å²) >= 11 is 5.81. The van der Waals surface area contributed by atoms with E-state index in [-0.39, 0.29) is 12.1 Å². The molecule has 0 aromatic heterocycles. The topological polar surface area (TPSA) is 29.1 Å². The summed E-state index contributed by atoms with van der Waals surface area (Å²) in [6.45, 7) is 0.262. The first-order valence-corrected chi connectivity index (χ1v) is 5.92. The van der Waals surface area contributed by atoms with Crippen LogP contribution in [0.1, 0.15) is 15.9 Å². The largest absolute Gasteiger partial charge is 0.348 e. The summed E-state index contributed by atoms with van der Waals surface area (Å²) in [5, 5.41) is 3.17. The molecule has 0 unspecified atom stereocenters. The molecule has 0 fully saturated rings. The third-order valence-corrected chi connectivity index (χ3v) is 2.76. The molecule has 2 rings (SSSR count). The minimum Gasteiger partial charge on any atom is -0.348 e. The van der Waals surface area contributed by atoms with E-state index in [4.69, 9.17) is 11.6 Å². The first kappa shape index (κ1) is 13.5. The van der Waals surface area contributed by atoms with Crippen LogP contribution in [-0.4, -0.2) is 5.91 Å². The number of hydrogen-bond donors (Lipinski definition) is 1. The summed E-state index contributed by atoms with van der Waals surface area (Å²) in [4.78, 5) is 11.7. The fourth-order valence-electron chi connectivity index (χ4n) is 1.57. The summed E-state index contributed by atoms with van der Waals surface area (Å²) in [5.74, 6) is -2.50. The molecule has 2 aromatic carbocycles. The van der Waals surface area contributed by atoms with E-state index < -0.39 is 17.5 Å². The summed E-state index contributed by atoms with van der Waals surface area (Å²) in [6, 6.07) is 10.0. The molecule has 0 aliphatic heterocycles. The van der Waals surface area contributed by atoms with Gasteiger partial charge in [-0.05, 0) is 35.9 Å². The van der Waals surface area contributed by atoms with E-state index >= 15 is 0 Å². The zero-order valence-corrected chi connectivity index (χ0v) is 10.5. The molecule has 1 N–H and O–H groups in total. The molecule has 0 aliphatic carbocycles. The van der Waals surface area contributed by atoms with Gasteiger partial charge in [-0.1, -0.05) is 23.7 Å². The van der Waals surface area contributed by atoms with Crippen LogP contribution < -0.4 is 5.32 Å². The van der Waals surface area contributed by atoms with E-state index in [0.717, 1.165) is 17.7 Å². The van der Waals surface area contributed by atoms with E-state index in [9.17, 15) is 13.6 Å². The Kier molecular flexibility index (Phi) is 4.12. The molecule has 5 heteroatoms. The molecule has 0 saturated heterocycles. The Morgan fingerprint density at radius 3 is 2.58 bits per heavy atom. The zero-order chi connectivity index (χ0) is 13.8. The van der Waals surface area contributed by atoms with Crippen LogP contribution in [0.4, 0.5) is 8.78 Å². The second-order valence-electron chi connectivity index (χ2n) is 3.94. The van der Waals surface area contributed by atoms with E-state index in [0.29, 0.717) is 5.02 Å². The van der Waals surface area contributed by atoms with Gasteiger partial charge in [0.2, 0.25) is 0 Å². The number of nitrogens with one attached hydrogen (secondary N) is 1. The van der Waals surface area contributed by atoms with Crippen LogP contribution in [-0.2, 0) is 6.54 Å².